The summed E-state index contributed by atoms with van der Waals surface area (Å²) >= 11 is 17.5. The Labute approximate surface area is 550 Å². The van der Waals surface area contributed by atoms with Gasteiger partial charge in [-0.3, -0.25) is 43.7 Å². The Morgan fingerprint density at radius 3 is 1.10 bits per heavy atom. The number of halogens is 3. The van der Waals surface area contributed by atoms with E-state index in [9.17, 15) is 28.8 Å². The van der Waals surface area contributed by atoms with Crippen LogP contribution in [0.15, 0.2) is 216 Å². The first-order valence-electron chi connectivity index (χ1n) is 29.4. The van der Waals surface area contributed by atoms with Gasteiger partial charge in [-0.15, -0.1) is 0 Å². The Kier molecular flexibility index (Phi) is 22.0. The van der Waals surface area contributed by atoms with Gasteiger partial charge in [-0.2, -0.15) is 0 Å². The van der Waals surface area contributed by atoms with Crippen molar-refractivity contribution in [1.82, 2.24) is 30.5 Å². The summed E-state index contributed by atoms with van der Waals surface area (Å²) in [5.74, 6) is 1.65. The summed E-state index contributed by atoms with van der Waals surface area (Å²) in [5, 5.41) is 24.4. The molecule has 24 heteroatoms. The molecule has 12 rings (SSSR count). The topological polar surface area (TPSA) is 278 Å². The minimum atomic E-state index is -0.388. The predicted octanol–water partition coefficient (Wildman–Crippen LogP) is 11.9. The van der Waals surface area contributed by atoms with Gasteiger partial charge >= 0.3 is 0 Å². The molecule has 3 aliphatic heterocycles. The zero-order valence-electron chi connectivity index (χ0n) is 49.9. The summed E-state index contributed by atoms with van der Waals surface area (Å²) in [5.41, 5.74) is 6.49. The molecule has 0 radical (unpaired) electrons. The number of nitrogens with one attached hydrogen (secondary N) is 8. The molecule has 6 aromatic carbocycles. The average Bonchev–Trinajstić information content (AvgIpc) is 2.78. The third-order valence-corrected chi connectivity index (χ3v) is 15.0. The minimum absolute atomic E-state index is 0.304. The first-order valence-corrected chi connectivity index (χ1v) is 30.6. The maximum Gasteiger partial charge on any atom is 0.258 e. The van der Waals surface area contributed by atoms with Crippen LogP contribution in [-0.4, -0.2) is 119 Å². The zero-order chi connectivity index (χ0) is 65.1. The van der Waals surface area contributed by atoms with E-state index >= 15 is 0 Å². The van der Waals surface area contributed by atoms with Crippen molar-refractivity contribution >= 4 is 122 Å². The smallest absolute Gasteiger partial charge is 0.258 e. The fourth-order valence-electron chi connectivity index (χ4n) is 9.57. The first kappa shape index (κ1) is 64.8. The molecule has 9 aromatic rings. The maximum atomic E-state index is 12.8. The fraction of sp³-hybridized carbons (Fsp3) is 0.130. The van der Waals surface area contributed by atoms with Gasteiger partial charge in [0.25, 0.3) is 35.4 Å². The van der Waals surface area contributed by atoms with Crippen LogP contribution in [0.3, 0.4) is 0 Å². The molecule has 0 saturated heterocycles. The van der Waals surface area contributed by atoms with Gasteiger partial charge in [0, 0.05) is 84.7 Å². The Morgan fingerprint density at radius 2 is 0.763 bits per heavy atom. The zero-order valence-corrected chi connectivity index (χ0v) is 52.2. The molecule has 0 aliphatic carbocycles. The van der Waals surface area contributed by atoms with Crippen LogP contribution in [0.4, 0.5) is 34.5 Å². The Morgan fingerprint density at radius 1 is 0.398 bits per heavy atom. The maximum absolute atomic E-state index is 12.8. The largest absolute Gasteiger partial charge is 0.370 e. The van der Waals surface area contributed by atoms with E-state index in [0.29, 0.717) is 83.0 Å². The van der Waals surface area contributed by atoms with E-state index in [0.717, 1.165) is 86.4 Å². The van der Waals surface area contributed by atoms with E-state index < -0.39 is 0 Å². The summed E-state index contributed by atoms with van der Waals surface area (Å²) < 4.78 is 0. The second-order valence-electron chi connectivity index (χ2n) is 20.6. The molecule has 21 nitrogen and oxygen atoms in total. The van der Waals surface area contributed by atoms with Crippen LogP contribution in [0.2, 0.25) is 15.1 Å². The molecule has 468 valence electrons. The normalized spacial score (nSPS) is 12.9. The lowest BCUT2D eigenvalue weighted by molar-refractivity contribution is 0.101. The number of anilines is 6. The number of carbonyl (C=O) groups excluding carboxylic acids is 6. The number of likely N-dealkylation sites (N-methyl/N-ethyl adjacent to an activating group) is 1. The quantitative estimate of drug-likeness (QED) is 0.0448. The van der Waals surface area contributed by atoms with Gasteiger partial charge < -0.3 is 47.4 Å². The Hall–Kier alpha value is -11.1. The third-order valence-electron chi connectivity index (χ3n) is 14.3. The molecule has 3 aliphatic rings. The van der Waals surface area contributed by atoms with Crippen molar-refractivity contribution in [2.45, 2.75) is 13.3 Å². The number of nitrogens with zero attached hydrogens (tertiary/aromatic N) is 7. The molecule has 0 atom stereocenters. The van der Waals surface area contributed by atoms with Crippen LogP contribution in [0.5, 0.6) is 0 Å². The number of carbonyl (C=O) groups is 6. The van der Waals surface area contributed by atoms with Crippen LogP contribution >= 0.6 is 34.8 Å². The summed E-state index contributed by atoms with van der Waals surface area (Å²) in [6.07, 6.45) is 5.36. The molecule has 0 fully saturated rings. The number of hydrogen-bond acceptors (Lipinski definition) is 15. The van der Waals surface area contributed by atoms with Crippen molar-refractivity contribution in [2.75, 3.05) is 77.7 Å². The van der Waals surface area contributed by atoms with Gasteiger partial charge in [0.15, 0.2) is 0 Å². The standard InChI is InChI=1S/C24H22ClN5O2.C23H20ClN5O2.C22H18ClN5O2/c1-2-30-14-13-26-22(30)16-7-9-17(10-8-16)23(31)28-20-6-4-3-5-19(20)24(32)29-21-12-11-18(25)15-27-21;24-17-10-11-20(27-14-17)29-23(31)18-4-1-2-5-19(18)28-22(30)16-8-6-15(7-9-16)21-25-12-3-13-26-21;23-16-9-10-19(26-13-16)28-22(30)17-3-1-2-4-18(17)27-21(29)15-7-5-14(6-8-15)20-24-11-12-25-20/h3-12,15H,2,13-14H2,1H3,(H,28,31)(H,27,29,32);1-2,4-11,14H,3,12-13H2,(H,25,26)(H,28,30)(H,27,29,31);1-10,13H,11-12H2,(H,24,25)(H,27,29)(H,26,28,30). The second kappa shape index (κ2) is 31.6. The molecule has 0 bridgehead atoms. The lowest BCUT2D eigenvalue weighted by atomic mass is 10.1. The molecule has 0 saturated carbocycles. The molecule has 93 heavy (non-hydrogen) atoms. The summed E-state index contributed by atoms with van der Waals surface area (Å²) in [7, 11) is 0. The van der Waals surface area contributed by atoms with Gasteiger partial charge in [-0.1, -0.05) is 108 Å². The molecule has 3 aromatic heterocycles. The van der Waals surface area contributed by atoms with E-state index in [2.05, 4.69) is 84.3 Å². The van der Waals surface area contributed by atoms with Gasteiger partial charge in [0.1, 0.15) is 35.0 Å². The number of para-hydroxylation sites is 3. The number of aromatic nitrogens is 3. The molecule has 0 unspecified atom stereocenters. The van der Waals surface area contributed by atoms with Gasteiger partial charge in [0.05, 0.1) is 61.9 Å². The summed E-state index contributed by atoms with van der Waals surface area (Å²) in [6, 6.07) is 51.8. The van der Waals surface area contributed by atoms with Crippen molar-refractivity contribution < 1.29 is 28.8 Å². The number of amides is 6. The predicted molar refractivity (Wildman–Crippen MR) is 366 cm³/mol. The van der Waals surface area contributed by atoms with Crippen LogP contribution in [0.25, 0.3) is 0 Å². The SMILES string of the molecule is CCN1CCN=C1c1ccc(C(=O)Nc2ccccc2C(=O)Nc2ccc(Cl)cn2)cc1.O=C(Nc1ccccc1C(=O)Nc1ccc(Cl)cn1)c1ccc(C2=NCCCN2)cc1.O=C(Nc1ccccc1C(=O)Nc1ccc(Cl)cn1)c1ccc(C2=NCCN2)cc1. The van der Waals surface area contributed by atoms with Crippen LogP contribution in [0.1, 0.15) is 92.2 Å². The summed E-state index contributed by atoms with van der Waals surface area (Å²) in [6.45, 7) is 7.96. The van der Waals surface area contributed by atoms with E-state index in [1.807, 2.05) is 36.4 Å². The van der Waals surface area contributed by atoms with Crippen LogP contribution in [0, 0.1) is 0 Å². The molecular weight excluding hydrogens is 1240 g/mol. The fourth-order valence-corrected chi connectivity index (χ4v) is 9.90. The van der Waals surface area contributed by atoms with E-state index in [1.165, 1.54) is 18.6 Å². The summed E-state index contributed by atoms with van der Waals surface area (Å²) in [4.78, 5) is 104. The number of aliphatic imine (C=N–C) groups is 3. The highest BCUT2D eigenvalue weighted by Crippen LogP contribution is 2.24. The number of rotatable bonds is 16. The highest BCUT2D eigenvalue weighted by atomic mass is 35.5. The van der Waals surface area contributed by atoms with E-state index in [4.69, 9.17) is 34.8 Å². The minimum Gasteiger partial charge on any atom is -0.370 e. The third kappa shape index (κ3) is 17.6. The van der Waals surface area contributed by atoms with Gasteiger partial charge in [0.2, 0.25) is 0 Å². The van der Waals surface area contributed by atoms with E-state index in [-0.39, 0.29) is 35.4 Å². The highest BCUT2D eigenvalue weighted by molar-refractivity contribution is 6.31. The average molecular weight is 1300 g/mol. The van der Waals surface area contributed by atoms with Crippen molar-refractivity contribution in [3.63, 3.8) is 0 Å². The van der Waals surface area contributed by atoms with Gasteiger partial charge in [-0.25, -0.2) is 15.0 Å². The number of benzene rings is 6. The Bertz CT molecular complexity index is 4270. The molecule has 6 heterocycles. The van der Waals surface area contributed by atoms with Crippen LogP contribution in [-0.2, 0) is 0 Å². The number of hydrogen-bond donors (Lipinski definition) is 8. The number of pyridine rings is 3. The monoisotopic (exact) mass is 1300 g/mol. The van der Waals surface area contributed by atoms with Crippen molar-refractivity contribution in [3.8, 4) is 0 Å². The molecular formula is C69H60Cl3N15O6. The lowest BCUT2D eigenvalue weighted by Gasteiger charge is -2.18. The first-order chi connectivity index (χ1) is 45.2. The molecule has 6 amide bonds. The highest BCUT2D eigenvalue weighted by Gasteiger charge is 2.21. The lowest BCUT2D eigenvalue weighted by Crippen LogP contribution is -2.30. The number of amidine groups is 3. The van der Waals surface area contributed by atoms with Crippen molar-refractivity contribution in [1.29, 1.82) is 0 Å². The second-order valence-corrected chi connectivity index (χ2v) is 21.9. The molecule has 8 N–H and O–H groups in total. The van der Waals surface area contributed by atoms with Crippen LogP contribution < -0.4 is 42.5 Å². The van der Waals surface area contributed by atoms with E-state index in [1.54, 1.807) is 146 Å². The Balaban J connectivity index is 0.000000153. The van der Waals surface area contributed by atoms with Crippen molar-refractivity contribution in [3.05, 3.63) is 266 Å². The molecule has 0 spiro atoms. The van der Waals surface area contributed by atoms with Gasteiger partial charge in [-0.05, 0) is 123 Å². The van der Waals surface area contributed by atoms with Crippen molar-refractivity contribution in [2.24, 2.45) is 15.0 Å².